The number of rotatable bonds is 6. The van der Waals surface area contributed by atoms with E-state index in [0.29, 0.717) is 6.54 Å². The standard InChI is InChI=1S/C14H21NO3S/c1-11(2)19(16,17)15(13-8-9-13)10-12-6-4-5-7-14(12)18-3/h4-7,11,13H,8-10H2,1-3H3. The molecular formula is C14H21NO3S. The first-order valence-corrected chi connectivity index (χ1v) is 8.09. The molecule has 0 heterocycles. The molecule has 0 N–H and O–H groups in total. The van der Waals surface area contributed by atoms with Crippen molar-refractivity contribution >= 4 is 10.0 Å². The molecule has 106 valence electrons. The molecule has 5 heteroatoms. The molecule has 19 heavy (non-hydrogen) atoms. The van der Waals surface area contributed by atoms with Crippen molar-refractivity contribution in [2.24, 2.45) is 0 Å². The van der Waals surface area contributed by atoms with E-state index in [1.165, 1.54) is 0 Å². The maximum Gasteiger partial charge on any atom is 0.216 e. The van der Waals surface area contributed by atoms with E-state index in [0.717, 1.165) is 24.2 Å². The van der Waals surface area contributed by atoms with E-state index in [4.69, 9.17) is 4.74 Å². The van der Waals surface area contributed by atoms with Crippen molar-refractivity contribution in [1.82, 2.24) is 4.31 Å². The minimum atomic E-state index is -3.22. The average Bonchev–Trinajstić information content (AvgIpc) is 3.20. The van der Waals surface area contributed by atoms with Crippen LogP contribution < -0.4 is 4.74 Å². The first-order valence-electron chi connectivity index (χ1n) is 6.59. The second-order valence-electron chi connectivity index (χ2n) is 5.18. The summed E-state index contributed by atoms with van der Waals surface area (Å²) in [7, 11) is -1.61. The van der Waals surface area contributed by atoms with Crippen molar-refractivity contribution in [1.29, 1.82) is 0 Å². The zero-order chi connectivity index (χ0) is 14.0. The predicted octanol–water partition coefficient (Wildman–Crippen LogP) is 2.40. The Balaban J connectivity index is 2.27. The van der Waals surface area contributed by atoms with Gasteiger partial charge >= 0.3 is 0 Å². The third kappa shape index (κ3) is 3.09. The van der Waals surface area contributed by atoms with Gasteiger partial charge in [0.15, 0.2) is 0 Å². The lowest BCUT2D eigenvalue weighted by molar-refractivity contribution is 0.372. The minimum Gasteiger partial charge on any atom is -0.496 e. The van der Waals surface area contributed by atoms with Crippen molar-refractivity contribution in [3.63, 3.8) is 0 Å². The van der Waals surface area contributed by atoms with Crippen molar-refractivity contribution in [2.75, 3.05) is 7.11 Å². The van der Waals surface area contributed by atoms with Crippen LogP contribution in [-0.2, 0) is 16.6 Å². The topological polar surface area (TPSA) is 46.6 Å². The molecular weight excluding hydrogens is 262 g/mol. The number of hydrogen-bond acceptors (Lipinski definition) is 3. The summed E-state index contributed by atoms with van der Waals surface area (Å²) in [4.78, 5) is 0. The molecule has 1 aromatic rings. The van der Waals surface area contributed by atoms with Gasteiger partial charge in [0.05, 0.1) is 12.4 Å². The van der Waals surface area contributed by atoms with Crippen molar-refractivity contribution < 1.29 is 13.2 Å². The molecule has 0 spiro atoms. The van der Waals surface area contributed by atoms with Crippen LogP contribution in [-0.4, -0.2) is 31.1 Å². The molecule has 0 radical (unpaired) electrons. The molecule has 2 rings (SSSR count). The fourth-order valence-electron chi connectivity index (χ4n) is 2.06. The highest BCUT2D eigenvalue weighted by molar-refractivity contribution is 7.89. The minimum absolute atomic E-state index is 0.164. The Kier molecular flexibility index (Phi) is 4.16. The van der Waals surface area contributed by atoms with Gasteiger partial charge < -0.3 is 4.74 Å². The zero-order valence-corrected chi connectivity index (χ0v) is 12.5. The van der Waals surface area contributed by atoms with E-state index >= 15 is 0 Å². The SMILES string of the molecule is COc1ccccc1CN(C1CC1)S(=O)(=O)C(C)C. The Morgan fingerprint density at radius 2 is 1.95 bits per heavy atom. The van der Waals surface area contributed by atoms with E-state index in [-0.39, 0.29) is 11.3 Å². The maximum atomic E-state index is 12.4. The lowest BCUT2D eigenvalue weighted by atomic mass is 10.2. The number of benzene rings is 1. The molecule has 1 saturated carbocycles. The second kappa shape index (κ2) is 5.51. The van der Waals surface area contributed by atoms with Crippen LogP contribution in [0, 0.1) is 0 Å². The van der Waals surface area contributed by atoms with Crippen LogP contribution in [0.5, 0.6) is 5.75 Å². The molecule has 0 saturated heterocycles. The van der Waals surface area contributed by atoms with E-state index in [9.17, 15) is 8.42 Å². The van der Waals surface area contributed by atoms with Gasteiger partial charge in [0.25, 0.3) is 0 Å². The van der Waals surface area contributed by atoms with Gasteiger partial charge in [0.1, 0.15) is 5.75 Å². The summed E-state index contributed by atoms with van der Waals surface area (Å²) >= 11 is 0. The number of methoxy groups -OCH3 is 1. The summed E-state index contributed by atoms with van der Waals surface area (Å²) in [5.74, 6) is 0.743. The van der Waals surface area contributed by atoms with Gasteiger partial charge in [-0.05, 0) is 32.8 Å². The highest BCUT2D eigenvalue weighted by Crippen LogP contribution is 2.33. The van der Waals surface area contributed by atoms with Crippen LogP contribution in [0.25, 0.3) is 0 Å². The van der Waals surface area contributed by atoms with Gasteiger partial charge in [-0.25, -0.2) is 8.42 Å². The summed E-state index contributed by atoms with van der Waals surface area (Å²) < 4.78 is 31.7. The highest BCUT2D eigenvalue weighted by Gasteiger charge is 2.38. The van der Waals surface area contributed by atoms with E-state index < -0.39 is 10.0 Å². The van der Waals surface area contributed by atoms with Crippen molar-refractivity contribution in [3.8, 4) is 5.75 Å². The van der Waals surface area contributed by atoms with E-state index in [2.05, 4.69) is 0 Å². The average molecular weight is 283 g/mol. The molecule has 1 fully saturated rings. The first kappa shape index (κ1) is 14.3. The smallest absolute Gasteiger partial charge is 0.216 e. The van der Waals surface area contributed by atoms with Gasteiger partial charge in [-0.2, -0.15) is 4.31 Å². The third-order valence-corrected chi connectivity index (χ3v) is 5.67. The number of para-hydroxylation sites is 1. The molecule has 1 aromatic carbocycles. The van der Waals surface area contributed by atoms with Gasteiger partial charge in [-0.3, -0.25) is 0 Å². The Labute approximate surface area is 115 Å². The Hall–Kier alpha value is -1.07. The summed E-state index contributed by atoms with van der Waals surface area (Å²) in [5.41, 5.74) is 0.918. The van der Waals surface area contributed by atoms with Crippen molar-refractivity contribution in [2.45, 2.75) is 44.5 Å². The third-order valence-electron chi connectivity index (χ3n) is 3.40. The molecule has 0 atom stereocenters. The first-order chi connectivity index (χ1) is 8.96. The Morgan fingerprint density at radius 3 is 2.47 bits per heavy atom. The fraction of sp³-hybridized carbons (Fsp3) is 0.571. The van der Waals surface area contributed by atoms with Crippen LogP contribution >= 0.6 is 0 Å². The quantitative estimate of drug-likeness (QED) is 0.805. The largest absolute Gasteiger partial charge is 0.496 e. The van der Waals surface area contributed by atoms with Crippen LogP contribution in [0.3, 0.4) is 0 Å². The van der Waals surface area contributed by atoms with Crippen molar-refractivity contribution in [3.05, 3.63) is 29.8 Å². The van der Waals surface area contributed by atoms with Gasteiger partial charge in [0, 0.05) is 18.2 Å². The Morgan fingerprint density at radius 1 is 1.32 bits per heavy atom. The lowest BCUT2D eigenvalue weighted by Crippen LogP contribution is -2.37. The van der Waals surface area contributed by atoms with Crippen LogP contribution in [0.4, 0.5) is 0 Å². The monoisotopic (exact) mass is 283 g/mol. The van der Waals surface area contributed by atoms with Gasteiger partial charge in [-0.15, -0.1) is 0 Å². The zero-order valence-electron chi connectivity index (χ0n) is 11.7. The van der Waals surface area contributed by atoms with Crippen LogP contribution in [0.1, 0.15) is 32.3 Å². The summed E-state index contributed by atoms with van der Waals surface area (Å²) in [6, 6.07) is 7.75. The summed E-state index contributed by atoms with van der Waals surface area (Å²) in [6.07, 6.45) is 1.92. The number of ether oxygens (including phenoxy) is 1. The molecule has 0 amide bonds. The highest BCUT2D eigenvalue weighted by atomic mass is 32.2. The molecule has 0 unspecified atom stereocenters. The summed E-state index contributed by atoms with van der Waals surface area (Å²) in [6.45, 7) is 3.86. The lowest BCUT2D eigenvalue weighted by Gasteiger charge is -2.24. The number of sulfonamides is 1. The molecule has 4 nitrogen and oxygen atoms in total. The number of nitrogens with zero attached hydrogens (tertiary/aromatic N) is 1. The molecule has 1 aliphatic carbocycles. The number of hydrogen-bond donors (Lipinski definition) is 0. The molecule has 0 aliphatic heterocycles. The van der Waals surface area contributed by atoms with Gasteiger partial charge in [0.2, 0.25) is 10.0 Å². The fourth-order valence-corrected chi connectivity index (χ4v) is 3.55. The van der Waals surface area contributed by atoms with Crippen LogP contribution in [0.2, 0.25) is 0 Å². The normalized spacial score (nSPS) is 16.1. The van der Waals surface area contributed by atoms with Crippen LogP contribution in [0.15, 0.2) is 24.3 Å². The molecule has 0 aromatic heterocycles. The second-order valence-corrected chi connectivity index (χ2v) is 7.62. The maximum absolute atomic E-state index is 12.4. The molecule has 0 bridgehead atoms. The van der Waals surface area contributed by atoms with Gasteiger partial charge in [-0.1, -0.05) is 18.2 Å². The summed E-state index contributed by atoms with van der Waals surface area (Å²) in [5, 5.41) is -0.386. The predicted molar refractivity (Wildman–Crippen MR) is 75.6 cm³/mol. The van der Waals surface area contributed by atoms with E-state index in [1.807, 2.05) is 24.3 Å². The van der Waals surface area contributed by atoms with E-state index in [1.54, 1.807) is 25.3 Å². The Bertz CT molecular complexity index is 535. The molecule has 1 aliphatic rings.